The molecule has 3 rings (SSSR count). The van der Waals surface area contributed by atoms with E-state index >= 15 is 0 Å². The lowest BCUT2D eigenvalue weighted by Gasteiger charge is -2.34. The molecule has 2 amide bonds. The number of hydrogen-bond donors (Lipinski definition) is 1. The minimum absolute atomic E-state index is 0.127. The maximum atomic E-state index is 13.7. The molecule has 0 spiro atoms. The molecular formula is C18H21FN4O2S. The number of halogens is 1. The van der Waals surface area contributed by atoms with Crippen LogP contribution in [-0.4, -0.2) is 59.3 Å². The molecule has 8 heteroatoms. The molecule has 0 unspecified atom stereocenters. The predicted octanol–water partition coefficient (Wildman–Crippen LogP) is 1.69. The van der Waals surface area contributed by atoms with Crippen molar-refractivity contribution in [3.05, 3.63) is 51.2 Å². The maximum Gasteiger partial charge on any atom is 0.273 e. The van der Waals surface area contributed by atoms with Crippen LogP contribution in [0, 0.1) is 12.7 Å². The van der Waals surface area contributed by atoms with Crippen LogP contribution in [-0.2, 0) is 6.42 Å². The Balaban J connectivity index is 1.60. The largest absolute Gasteiger partial charge is 0.335 e. The first kappa shape index (κ1) is 18.5. The van der Waals surface area contributed by atoms with Crippen LogP contribution in [0.2, 0.25) is 0 Å². The van der Waals surface area contributed by atoms with Gasteiger partial charge in [0.15, 0.2) is 0 Å². The van der Waals surface area contributed by atoms with Crippen LogP contribution < -0.4 is 5.73 Å². The highest BCUT2D eigenvalue weighted by Crippen LogP contribution is 2.16. The molecule has 0 radical (unpaired) electrons. The van der Waals surface area contributed by atoms with Crippen LogP contribution in [0.3, 0.4) is 0 Å². The lowest BCUT2D eigenvalue weighted by molar-refractivity contribution is 0.0532. The summed E-state index contributed by atoms with van der Waals surface area (Å²) in [5, 5.41) is 2.60. The molecule has 2 heterocycles. The molecule has 0 atom stereocenters. The molecule has 2 N–H and O–H groups in total. The first-order chi connectivity index (χ1) is 12.5. The van der Waals surface area contributed by atoms with Crippen LogP contribution in [0.5, 0.6) is 0 Å². The van der Waals surface area contributed by atoms with Gasteiger partial charge in [-0.05, 0) is 31.2 Å². The van der Waals surface area contributed by atoms with Gasteiger partial charge in [0, 0.05) is 43.5 Å². The number of nitrogens with zero attached hydrogens (tertiary/aromatic N) is 3. The molecule has 2 aromatic rings. The molecule has 0 saturated carbocycles. The van der Waals surface area contributed by atoms with Crippen LogP contribution in [0.1, 0.15) is 31.4 Å². The first-order valence-electron chi connectivity index (χ1n) is 8.48. The Morgan fingerprint density at radius 1 is 1.19 bits per heavy atom. The molecule has 0 aliphatic carbocycles. The maximum absolute atomic E-state index is 13.7. The number of nitrogens with two attached hydrogens (primary N) is 1. The summed E-state index contributed by atoms with van der Waals surface area (Å²) in [5.74, 6) is -0.727. The zero-order valence-electron chi connectivity index (χ0n) is 14.6. The average molecular weight is 376 g/mol. The van der Waals surface area contributed by atoms with Crippen molar-refractivity contribution >= 4 is 23.2 Å². The summed E-state index contributed by atoms with van der Waals surface area (Å²) >= 11 is 1.43. The number of amides is 2. The van der Waals surface area contributed by atoms with E-state index in [1.54, 1.807) is 34.2 Å². The summed E-state index contributed by atoms with van der Waals surface area (Å²) in [6.07, 6.45) is 0.660. The van der Waals surface area contributed by atoms with E-state index in [1.807, 2.05) is 0 Å². The molecule has 0 bridgehead atoms. The van der Waals surface area contributed by atoms with Gasteiger partial charge in [0.25, 0.3) is 11.8 Å². The van der Waals surface area contributed by atoms with E-state index < -0.39 is 0 Å². The van der Waals surface area contributed by atoms with Crippen LogP contribution in [0.15, 0.2) is 23.6 Å². The van der Waals surface area contributed by atoms with Gasteiger partial charge in [-0.2, -0.15) is 0 Å². The van der Waals surface area contributed by atoms with Crippen molar-refractivity contribution in [1.82, 2.24) is 14.8 Å². The minimum Gasteiger partial charge on any atom is -0.335 e. The fraction of sp³-hybridized carbons (Fsp3) is 0.389. The molecule has 26 heavy (non-hydrogen) atoms. The molecule has 6 nitrogen and oxygen atoms in total. The number of carbonyl (C=O) groups is 2. The lowest BCUT2D eigenvalue weighted by atomic mass is 10.1. The quantitative estimate of drug-likeness (QED) is 0.881. The fourth-order valence-corrected chi connectivity index (χ4v) is 3.62. The molecule has 1 aromatic carbocycles. The van der Waals surface area contributed by atoms with Gasteiger partial charge in [0.1, 0.15) is 11.5 Å². The number of carbonyl (C=O) groups excluding carboxylic acids is 2. The number of thiazole rings is 1. The van der Waals surface area contributed by atoms with Crippen LogP contribution >= 0.6 is 11.3 Å². The summed E-state index contributed by atoms with van der Waals surface area (Å²) in [6.45, 7) is 3.86. The second kappa shape index (κ2) is 7.92. The normalized spacial score (nSPS) is 14.6. The van der Waals surface area contributed by atoms with Crippen molar-refractivity contribution in [2.45, 2.75) is 13.3 Å². The van der Waals surface area contributed by atoms with Crippen LogP contribution in [0.25, 0.3) is 0 Å². The molecule has 1 aromatic heterocycles. The molecular weight excluding hydrogens is 355 g/mol. The van der Waals surface area contributed by atoms with Gasteiger partial charge in [-0.1, -0.05) is 6.07 Å². The summed E-state index contributed by atoms with van der Waals surface area (Å²) in [7, 11) is 0. The van der Waals surface area contributed by atoms with E-state index in [1.165, 1.54) is 17.4 Å². The third kappa shape index (κ3) is 3.91. The van der Waals surface area contributed by atoms with Gasteiger partial charge < -0.3 is 15.5 Å². The zero-order valence-corrected chi connectivity index (χ0v) is 15.4. The average Bonchev–Trinajstić information content (AvgIpc) is 3.12. The second-order valence-electron chi connectivity index (χ2n) is 6.21. The SMILES string of the molecule is Cc1ccc(C(=O)N2CCN(C(=O)c3csc(CCN)n3)CC2)cc1F. The topological polar surface area (TPSA) is 79.5 Å². The molecule has 1 aliphatic heterocycles. The third-order valence-electron chi connectivity index (χ3n) is 4.40. The second-order valence-corrected chi connectivity index (χ2v) is 7.16. The summed E-state index contributed by atoms with van der Waals surface area (Å²) in [4.78, 5) is 32.7. The van der Waals surface area contributed by atoms with E-state index in [0.29, 0.717) is 56.0 Å². The van der Waals surface area contributed by atoms with Gasteiger partial charge in [0.05, 0.1) is 5.01 Å². The van der Waals surface area contributed by atoms with E-state index in [-0.39, 0.29) is 17.6 Å². The Kier molecular flexibility index (Phi) is 5.63. The Morgan fingerprint density at radius 2 is 1.85 bits per heavy atom. The number of aryl methyl sites for hydroxylation is 1. The van der Waals surface area contributed by atoms with Gasteiger partial charge >= 0.3 is 0 Å². The smallest absolute Gasteiger partial charge is 0.273 e. The van der Waals surface area contributed by atoms with Crippen molar-refractivity contribution in [3.8, 4) is 0 Å². The van der Waals surface area contributed by atoms with Gasteiger partial charge in [0.2, 0.25) is 0 Å². The summed E-state index contributed by atoms with van der Waals surface area (Å²) in [5.41, 5.74) is 6.78. The van der Waals surface area contributed by atoms with Crippen molar-refractivity contribution in [2.75, 3.05) is 32.7 Å². The van der Waals surface area contributed by atoms with E-state index in [9.17, 15) is 14.0 Å². The fourth-order valence-electron chi connectivity index (χ4n) is 2.83. The highest BCUT2D eigenvalue weighted by molar-refractivity contribution is 7.09. The first-order valence-corrected chi connectivity index (χ1v) is 9.36. The van der Waals surface area contributed by atoms with Crippen molar-refractivity contribution in [2.24, 2.45) is 5.73 Å². The molecule has 1 aliphatic rings. The summed E-state index contributed by atoms with van der Waals surface area (Å²) in [6, 6.07) is 4.50. The van der Waals surface area contributed by atoms with E-state index in [2.05, 4.69) is 4.98 Å². The van der Waals surface area contributed by atoms with Gasteiger partial charge in [-0.25, -0.2) is 9.37 Å². The van der Waals surface area contributed by atoms with Gasteiger partial charge in [-0.15, -0.1) is 11.3 Å². The number of aromatic nitrogens is 1. The van der Waals surface area contributed by atoms with Crippen LogP contribution in [0.4, 0.5) is 4.39 Å². The predicted molar refractivity (Wildman–Crippen MR) is 97.8 cm³/mol. The Labute approximate surface area is 155 Å². The van der Waals surface area contributed by atoms with Crippen molar-refractivity contribution in [1.29, 1.82) is 0 Å². The highest BCUT2D eigenvalue weighted by atomic mass is 32.1. The molecule has 1 saturated heterocycles. The summed E-state index contributed by atoms with van der Waals surface area (Å²) < 4.78 is 13.7. The standard InChI is InChI=1S/C18H21FN4O2S/c1-12-2-3-13(10-14(12)19)17(24)22-6-8-23(9-7-22)18(25)15-11-26-16(21-15)4-5-20/h2-3,10-11H,4-9,20H2,1H3. The lowest BCUT2D eigenvalue weighted by Crippen LogP contribution is -2.50. The Bertz CT molecular complexity index is 815. The zero-order chi connectivity index (χ0) is 18.7. The Morgan fingerprint density at radius 3 is 2.46 bits per heavy atom. The third-order valence-corrected chi connectivity index (χ3v) is 5.31. The van der Waals surface area contributed by atoms with Crippen molar-refractivity contribution in [3.63, 3.8) is 0 Å². The van der Waals surface area contributed by atoms with E-state index in [4.69, 9.17) is 5.73 Å². The van der Waals surface area contributed by atoms with E-state index in [0.717, 1.165) is 5.01 Å². The minimum atomic E-state index is -0.388. The molecule has 138 valence electrons. The number of piperazine rings is 1. The number of hydrogen-bond acceptors (Lipinski definition) is 5. The van der Waals surface area contributed by atoms with Crippen molar-refractivity contribution < 1.29 is 14.0 Å². The number of rotatable bonds is 4. The monoisotopic (exact) mass is 376 g/mol. The number of benzene rings is 1. The Hall–Kier alpha value is -2.32. The highest BCUT2D eigenvalue weighted by Gasteiger charge is 2.26. The molecule has 1 fully saturated rings. The van der Waals surface area contributed by atoms with Gasteiger partial charge in [-0.3, -0.25) is 9.59 Å².